The van der Waals surface area contributed by atoms with Gasteiger partial charge in [-0.25, -0.2) is 0 Å². The first-order chi connectivity index (χ1) is 13.7. The minimum absolute atomic E-state index is 0.0257. The number of carbonyl (C=O) groups is 2. The molecule has 6 heteroatoms. The molecule has 2 rings (SSSR count). The summed E-state index contributed by atoms with van der Waals surface area (Å²) in [5.41, 5.74) is 1.68. The summed E-state index contributed by atoms with van der Waals surface area (Å²) >= 11 is 0. The van der Waals surface area contributed by atoms with Crippen LogP contribution in [-0.4, -0.2) is 49.5 Å². The second-order valence-electron chi connectivity index (χ2n) is 8.09. The molecule has 0 unspecified atom stereocenters. The van der Waals surface area contributed by atoms with E-state index in [1.807, 2.05) is 80.3 Å². The van der Waals surface area contributed by atoms with E-state index >= 15 is 0 Å². The molecule has 0 heterocycles. The van der Waals surface area contributed by atoms with Gasteiger partial charge >= 0.3 is 0 Å². The molecule has 0 saturated heterocycles. The van der Waals surface area contributed by atoms with Crippen molar-refractivity contribution in [1.29, 1.82) is 0 Å². The van der Waals surface area contributed by atoms with Crippen LogP contribution in [-0.2, 0) is 16.1 Å². The van der Waals surface area contributed by atoms with Crippen molar-refractivity contribution < 1.29 is 14.3 Å². The van der Waals surface area contributed by atoms with Crippen LogP contribution in [0.4, 0.5) is 5.69 Å². The van der Waals surface area contributed by atoms with Crippen LogP contribution in [0.15, 0.2) is 54.6 Å². The van der Waals surface area contributed by atoms with E-state index in [1.54, 1.807) is 14.2 Å². The Kier molecular flexibility index (Phi) is 7.65. The van der Waals surface area contributed by atoms with Gasteiger partial charge in [-0.15, -0.1) is 0 Å². The third-order valence-corrected chi connectivity index (χ3v) is 4.30. The number of carbonyl (C=O) groups excluding carboxylic acids is 2. The average molecular weight is 398 g/mol. The van der Waals surface area contributed by atoms with Crippen molar-refractivity contribution in [3.63, 3.8) is 0 Å². The van der Waals surface area contributed by atoms with Crippen LogP contribution in [0.1, 0.15) is 26.3 Å². The molecule has 0 saturated carbocycles. The number of hydrogen-bond acceptors (Lipinski definition) is 4. The smallest absolute Gasteiger partial charge is 0.242 e. The van der Waals surface area contributed by atoms with Crippen molar-refractivity contribution in [1.82, 2.24) is 10.2 Å². The normalized spacial score (nSPS) is 10.9. The van der Waals surface area contributed by atoms with Crippen molar-refractivity contribution in [3.05, 3.63) is 60.2 Å². The highest BCUT2D eigenvalue weighted by atomic mass is 16.5. The summed E-state index contributed by atoms with van der Waals surface area (Å²) < 4.78 is 5.23. The molecule has 156 valence electrons. The predicted molar refractivity (Wildman–Crippen MR) is 116 cm³/mol. The van der Waals surface area contributed by atoms with Gasteiger partial charge in [-0.05, 0) is 50.6 Å². The quantitative estimate of drug-likeness (QED) is 0.744. The molecule has 2 aromatic rings. The Morgan fingerprint density at radius 2 is 1.59 bits per heavy atom. The fourth-order valence-electron chi connectivity index (χ4n) is 2.88. The summed E-state index contributed by atoms with van der Waals surface area (Å²) in [6.07, 6.45) is 0. The van der Waals surface area contributed by atoms with Crippen LogP contribution in [0.2, 0.25) is 0 Å². The highest BCUT2D eigenvalue weighted by molar-refractivity contribution is 5.87. The van der Waals surface area contributed by atoms with E-state index in [9.17, 15) is 9.59 Å². The van der Waals surface area contributed by atoms with E-state index in [0.717, 1.165) is 17.0 Å². The zero-order valence-electron chi connectivity index (χ0n) is 17.9. The number of nitrogens with zero attached hydrogens (tertiary/aromatic N) is 2. The third-order valence-electron chi connectivity index (χ3n) is 4.30. The Bertz CT molecular complexity index is 798. The molecule has 0 fully saturated rings. The molecule has 0 aromatic heterocycles. The maximum Gasteiger partial charge on any atom is 0.242 e. The zero-order chi connectivity index (χ0) is 21.4. The van der Waals surface area contributed by atoms with Crippen LogP contribution in [0.25, 0.3) is 0 Å². The molecule has 29 heavy (non-hydrogen) atoms. The van der Waals surface area contributed by atoms with Gasteiger partial charge in [0, 0.05) is 24.8 Å². The molecule has 1 N–H and O–H groups in total. The summed E-state index contributed by atoms with van der Waals surface area (Å²) in [6, 6.07) is 17.6. The van der Waals surface area contributed by atoms with E-state index in [4.69, 9.17) is 4.74 Å². The molecule has 2 amide bonds. The minimum atomic E-state index is -0.330. The number of ether oxygens (including phenoxy) is 1. The lowest BCUT2D eigenvalue weighted by Crippen LogP contribution is -2.48. The predicted octanol–water partition coefficient (Wildman–Crippen LogP) is 3.07. The Morgan fingerprint density at radius 3 is 2.14 bits per heavy atom. The van der Waals surface area contributed by atoms with Gasteiger partial charge in [0.2, 0.25) is 11.8 Å². The topological polar surface area (TPSA) is 61.9 Å². The fraction of sp³-hybridized carbons (Fsp3) is 0.391. The number of benzene rings is 2. The number of rotatable bonds is 8. The Hall–Kier alpha value is -3.02. The molecule has 0 aliphatic rings. The van der Waals surface area contributed by atoms with E-state index in [2.05, 4.69) is 5.32 Å². The Morgan fingerprint density at radius 1 is 0.966 bits per heavy atom. The van der Waals surface area contributed by atoms with Gasteiger partial charge in [0.05, 0.1) is 20.2 Å². The number of hydrogen-bond donors (Lipinski definition) is 1. The van der Waals surface area contributed by atoms with E-state index in [-0.39, 0.29) is 30.4 Å². The van der Waals surface area contributed by atoms with Gasteiger partial charge in [0.15, 0.2) is 0 Å². The summed E-state index contributed by atoms with van der Waals surface area (Å²) in [6.45, 7) is 6.52. The van der Waals surface area contributed by atoms with Crippen LogP contribution in [0.5, 0.6) is 5.75 Å². The highest BCUT2D eigenvalue weighted by Gasteiger charge is 2.20. The molecule has 6 nitrogen and oxygen atoms in total. The second-order valence-corrected chi connectivity index (χ2v) is 8.09. The van der Waals surface area contributed by atoms with E-state index < -0.39 is 0 Å². The third kappa shape index (κ3) is 7.49. The standard InChI is InChI=1S/C23H31N3O3/c1-23(2,3)24-21(27)16-25(4)22(28)17-26(15-18-9-7-6-8-10-18)19-11-13-20(29-5)14-12-19/h6-14H,15-17H2,1-5H3,(H,24,27). The van der Waals surface area contributed by atoms with Crippen LogP contribution in [0.3, 0.4) is 0 Å². The first kappa shape index (κ1) is 22.3. The van der Waals surface area contributed by atoms with E-state index in [0.29, 0.717) is 6.54 Å². The molecule has 0 radical (unpaired) electrons. The van der Waals surface area contributed by atoms with Gasteiger partial charge in [-0.2, -0.15) is 0 Å². The van der Waals surface area contributed by atoms with Crippen LogP contribution >= 0.6 is 0 Å². The lowest BCUT2D eigenvalue weighted by Gasteiger charge is -2.28. The van der Waals surface area contributed by atoms with E-state index in [1.165, 1.54) is 4.90 Å². The lowest BCUT2D eigenvalue weighted by atomic mass is 10.1. The second kappa shape index (κ2) is 9.96. The number of likely N-dealkylation sites (N-methyl/N-ethyl adjacent to an activating group) is 1. The van der Waals surface area contributed by atoms with Crippen molar-refractivity contribution in [2.24, 2.45) is 0 Å². The van der Waals surface area contributed by atoms with Crippen molar-refractivity contribution in [2.75, 3.05) is 32.1 Å². The first-order valence-corrected chi connectivity index (χ1v) is 9.66. The molecule has 0 aliphatic heterocycles. The van der Waals surface area contributed by atoms with Gasteiger partial charge in [-0.3, -0.25) is 9.59 Å². The zero-order valence-corrected chi connectivity index (χ0v) is 17.9. The maximum absolute atomic E-state index is 12.8. The van der Waals surface area contributed by atoms with Gasteiger partial charge < -0.3 is 19.9 Å². The van der Waals surface area contributed by atoms with Crippen molar-refractivity contribution in [3.8, 4) is 5.75 Å². The van der Waals surface area contributed by atoms with Gasteiger partial charge in [0.25, 0.3) is 0 Å². The first-order valence-electron chi connectivity index (χ1n) is 9.66. The van der Waals surface area contributed by atoms with Crippen LogP contribution < -0.4 is 15.0 Å². The SMILES string of the molecule is COc1ccc(N(CC(=O)N(C)CC(=O)NC(C)(C)C)Cc2ccccc2)cc1. The minimum Gasteiger partial charge on any atom is -0.497 e. The maximum atomic E-state index is 12.8. The molecule has 0 bridgehead atoms. The summed E-state index contributed by atoms with van der Waals surface area (Å²) in [5, 5.41) is 2.88. The molecular formula is C23H31N3O3. The number of anilines is 1. The van der Waals surface area contributed by atoms with Gasteiger partial charge in [0.1, 0.15) is 5.75 Å². The summed E-state index contributed by atoms with van der Waals surface area (Å²) in [5.74, 6) is 0.462. The molecule has 0 atom stereocenters. The number of nitrogens with one attached hydrogen (secondary N) is 1. The van der Waals surface area contributed by atoms with Crippen molar-refractivity contribution in [2.45, 2.75) is 32.9 Å². The molecule has 0 aliphatic carbocycles. The molecule has 0 spiro atoms. The molecular weight excluding hydrogens is 366 g/mol. The molecule has 2 aromatic carbocycles. The Labute approximate surface area is 173 Å². The van der Waals surface area contributed by atoms with Gasteiger partial charge in [-0.1, -0.05) is 30.3 Å². The Balaban J connectivity index is 2.11. The average Bonchev–Trinajstić information content (AvgIpc) is 2.66. The van der Waals surface area contributed by atoms with Crippen LogP contribution in [0, 0.1) is 0 Å². The largest absolute Gasteiger partial charge is 0.497 e. The number of methoxy groups -OCH3 is 1. The number of amides is 2. The monoisotopic (exact) mass is 397 g/mol. The highest BCUT2D eigenvalue weighted by Crippen LogP contribution is 2.21. The summed E-state index contributed by atoms with van der Waals surface area (Å²) in [7, 11) is 3.27. The van der Waals surface area contributed by atoms with Crippen molar-refractivity contribution >= 4 is 17.5 Å². The fourth-order valence-corrected chi connectivity index (χ4v) is 2.88. The lowest BCUT2D eigenvalue weighted by molar-refractivity contribution is -0.134. The summed E-state index contributed by atoms with van der Waals surface area (Å²) in [4.78, 5) is 28.4.